The highest BCUT2D eigenvalue weighted by atomic mass is 16.2. The number of nitrogens with one attached hydrogen (secondary N) is 1. The Hall–Kier alpha value is -2.37. The number of fused-ring (bicyclic) bond motifs is 1. The summed E-state index contributed by atoms with van der Waals surface area (Å²) in [6, 6.07) is 7.41. The van der Waals surface area contributed by atoms with Crippen LogP contribution in [0, 0.1) is 11.8 Å². The molecule has 3 aliphatic rings. The third-order valence-corrected chi connectivity index (χ3v) is 6.76. The molecule has 0 unspecified atom stereocenters. The number of carbonyl (C=O) groups excluding carboxylic acids is 3. The zero-order chi connectivity index (χ0) is 19.3. The van der Waals surface area contributed by atoms with Crippen LogP contribution in [0.15, 0.2) is 24.3 Å². The predicted molar refractivity (Wildman–Crippen MR) is 102 cm³/mol. The van der Waals surface area contributed by atoms with Gasteiger partial charge in [0.25, 0.3) is 5.91 Å². The summed E-state index contributed by atoms with van der Waals surface area (Å²) < 4.78 is 0. The molecule has 1 spiro atoms. The number of nitrogens with zero attached hydrogens (tertiary/aromatic N) is 2. The van der Waals surface area contributed by atoms with E-state index in [0.29, 0.717) is 0 Å². The van der Waals surface area contributed by atoms with Crippen LogP contribution in [0.25, 0.3) is 0 Å². The number of para-hydroxylation sites is 1. The van der Waals surface area contributed by atoms with Gasteiger partial charge in [-0.3, -0.25) is 14.5 Å². The van der Waals surface area contributed by atoms with Crippen molar-refractivity contribution in [3.05, 3.63) is 29.8 Å². The van der Waals surface area contributed by atoms with Crippen molar-refractivity contribution in [1.29, 1.82) is 0 Å². The number of anilines is 1. The molecule has 3 atom stereocenters. The van der Waals surface area contributed by atoms with Crippen LogP contribution in [0.5, 0.6) is 0 Å². The smallest absolute Gasteiger partial charge is 0.323 e. The van der Waals surface area contributed by atoms with Crippen molar-refractivity contribution in [2.75, 3.05) is 11.4 Å². The van der Waals surface area contributed by atoms with Crippen molar-refractivity contribution in [2.45, 2.75) is 58.0 Å². The van der Waals surface area contributed by atoms with Crippen LogP contribution in [-0.4, -0.2) is 40.9 Å². The van der Waals surface area contributed by atoms with E-state index in [2.05, 4.69) is 5.32 Å². The maximum Gasteiger partial charge on any atom is 0.325 e. The van der Waals surface area contributed by atoms with Gasteiger partial charge in [-0.1, -0.05) is 38.5 Å². The van der Waals surface area contributed by atoms with Gasteiger partial charge in [0.2, 0.25) is 5.91 Å². The van der Waals surface area contributed by atoms with Gasteiger partial charge in [0.05, 0.1) is 0 Å². The molecular weight excluding hydrogens is 342 g/mol. The summed E-state index contributed by atoms with van der Waals surface area (Å²) in [7, 11) is 0. The normalized spacial score (nSPS) is 29.2. The lowest BCUT2D eigenvalue weighted by Gasteiger charge is -2.42. The van der Waals surface area contributed by atoms with Crippen molar-refractivity contribution in [3.8, 4) is 0 Å². The van der Waals surface area contributed by atoms with Crippen molar-refractivity contribution in [2.24, 2.45) is 11.8 Å². The first-order valence-electron chi connectivity index (χ1n) is 9.90. The molecule has 0 bridgehead atoms. The van der Waals surface area contributed by atoms with Gasteiger partial charge in [-0.15, -0.1) is 0 Å². The van der Waals surface area contributed by atoms with Gasteiger partial charge in [-0.25, -0.2) is 4.79 Å². The van der Waals surface area contributed by atoms with Gasteiger partial charge in [0.1, 0.15) is 12.1 Å². The highest BCUT2D eigenvalue weighted by molar-refractivity contribution is 6.11. The van der Waals surface area contributed by atoms with Crippen LogP contribution in [0.4, 0.5) is 10.5 Å². The second-order valence-corrected chi connectivity index (χ2v) is 8.37. The Morgan fingerprint density at radius 1 is 1.15 bits per heavy atom. The molecule has 2 aliphatic heterocycles. The van der Waals surface area contributed by atoms with Gasteiger partial charge in [-0.05, 0) is 49.7 Å². The van der Waals surface area contributed by atoms with Crippen LogP contribution in [0.1, 0.15) is 45.6 Å². The lowest BCUT2D eigenvalue weighted by molar-refractivity contribution is -0.138. The first-order valence-corrected chi connectivity index (χ1v) is 9.90. The summed E-state index contributed by atoms with van der Waals surface area (Å²) in [5.74, 6) is -0.293. The Labute approximate surface area is 159 Å². The Kier molecular flexibility index (Phi) is 4.24. The van der Waals surface area contributed by atoms with Gasteiger partial charge in [0, 0.05) is 11.7 Å². The molecule has 1 aromatic rings. The second-order valence-electron chi connectivity index (χ2n) is 8.37. The van der Waals surface area contributed by atoms with E-state index in [0.717, 1.165) is 41.8 Å². The fourth-order valence-electron chi connectivity index (χ4n) is 5.25. The predicted octanol–water partition coefficient (Wildman–Crippen LogP) is 2.71. The minimum absolute atomic E-state index is 0.0251. The number of rotatable bonds is 2. The average molecular weight is 369 g/mol. The minimum atomic E-state index is -0.857. The zero-order valence-corrected chi connectivity index (χ0v) is 16.2. The molecule has 1 aliphatic carbocycles. The number of imide groups is 1. The Morgan fingerprint density at radius 3 is 2.52 bits per heavy atom. The topological polar surface area (TPSA) is 69.7 Å². The Bertz CT molecular complexity index is 796. The molecule has 27 heavy (non-hydrogen) atoms. The summed E-state index contributed by atoms with van der Waals surface area (Å²) in [4.78, 5) is 41.8. The molecule has 0 radical (unpaired) electrons. The summed E-state index contributed by atoms with van der Waals surface area (Å²) in [6.45, 7) is 5.84. The van der Waals surface area contributed by atoms with E-state index in [9.17, 15) is 14.4 Å². The largest absolute Gasteiger partial charge is 0.325 e. The van der Waals surface area contributed by atoms with Crippen LogP contribution in [0.2, 0.25) is 0 Å². The van der Waals surface area contributed by atoms with E-state index in [4.69, 9.17) is 0 Å². The van der Waals surface area contributed by atoms with Crippen LogP contribution in [0.3, 0.4) is 0 Å². The molecule has 2 heterocycles. The lowest BCUT2D eigenvalue weighted by atomic mass is 9.67. The standard InChI is InChI=1S/C21H27N3O3/c1-13-7-6-8-14(2)21(13)19(26)23(20(27)22-21)12-18(25)24-15(3)11-16-9-4-5-10-17(16)24/h4-5,9-10,13-15H,6-8,11-12H2,1-3H3,(H,22,27)/t13-,14-,15+/m0/s1. The van der Waals surface area contributed by atoms with Gasteiger partial charge in [-0.2, -0.15) is 0 Å². The maximum atomic E-state index is 13.3. The molecule has 1 saturated heterocycles. The van der Waals surface area contributed by atoms with E-state index < -0.39 is 11.6 Å². The molecular formula is C21H27N3O3. The van der Waals surface area contributed by atoms with Crippen molar-refractivity contribution < 1.29 is 14.4 Å². The third-order valence-electron chi connectivity index (χ3n) is 6.76. The summed E-state index contributed by atoms with van der Waals surface area (Å²) >= 11 is 0. The average Bonchev–Trinajstić information content (AvgIpc) is 3.09. The Balaban J connectivity index is 1.57. The number of hydrogen-bond acceptors (Lipinski definition) is 3. The van der Waals surface area contributed by atoms with E-state index in [1.165, 1.54) is 0 Å². The molecule has 4 rings (SSSR count). The summed E-state index contributed by atoms with van der Waals surface area (Å²) in [5.41, 5.74) is 1.15. The number of amides is 4. The first-order chi connectivity index (χ1) is 12.9. The second kappa shape index (κ2) is 6.36. The quantitative estimate of drug-likeness (QED) is 0.815. The van der Waals surface area contributed by atoms with E-state index in [-0.39, 0.29) is 36.2 Å². The highest BCUT2D eigenvalue weighted by Crippen LogP contribution is 2.42. The number of hydrogen-bond donors (Lipinski definition) is 1. The minimum Gasteiger partial charge on any atom is -0.323 e. The summed E-state index contributed by atoms with van der Waals surface area (Å²) in [5, 5.41) is 2.96. The van der Waals surface area contributed by atoms with Gasteiger partial charge >= 0.3 is 6.03 Å². The number of urea groups is 1. The fourth-order valence-corrected chi connectivity index (χ4v) is 5.25. The van der Waals surface area contributed by atoms with Gasteiger partial charge in [0.15, 0.2) is 0 Å². The molecule has 4 amide bonds. The van der Waals surface area contributed by atoms with Crippen LogP contribution >= 0.6 is 0 Å². The van der Waals surface area contributed by atoms with Crippen molar-refractivity contribution >= 4 is 23.5 Å². The van der Waals surface area contributed by atoms with E-state index in [1.807, 2.05) is 45.0 Å². The SMILES string of the molecule is C[C@@H]1Cc2ccccc2N1C(=O)CN1C(=O)NC2(C1=O)[C@@H](C)CCC[C@@H]2C. The molecule has 0 aromatic heterocycles. The Morgan fingerprint density at radius 2 is 1.81 bits per heavy atom. The highest BCUT2D eigenvalue weighted by Gasteiger charge is 2.58. The molecule has 1 saturated carbocycles. The molecule has 1 aromatic carbocycles. The maximum absolute atomic E-state index is 13.3. The summed E-state index contributed by atoms with van der Waals surface area (Å²) in [6.07, 6.45) is 3.68. The first kappa shape index (κ1) is 18.0. The van der Waals surface area contributed by atoms with Crippen LogP contribution < -0.4 is 10.2 Å². The molecule has 1 N–H and O–H groups in total. The molecule has 6 heteroatoms. The molecule has 144 valence electrons. The van der Waals surface area contributed by atoms with Crippen molar-refractivity contribution in [3.63, 3.8) is 0 Å². The van der Waals surface area contributed by atoms with Gasteiger partial charge < -0.3 is 10.2 Å². The van der Waals surface area contributed by atoms with Crippen LogP contribution in [-0.2, 0) is 16.0 Å². The fraction of sp³-hybridized carbons (Fsp3) is 0.571. The monoisotopic (exact) mass is 369 g/mol. The lowest BCUT2D eigenvalue weighted by Crippen LogP contribution is -2.59. The van der Waals surface area contributed by atoms with E-state index in [1.54, 1.807) is 4.90 Å². The zero-order valence-electron chi connectivity index (χ0n) is 16.2. The number of carbonyl (C=O) groups is 3. The molecule has 2 fully saturated rings. The van der Waals surface area contributed by atoms with E-state index >= 15 is 0 Å². The number of benzene rings is 1. The molecule has 6 nitrogen and oxygen atoms in total. The third kappa shape index (κ3) is 2.57. The van der Waals surface area contributed by atoms with Crippen molar-refractivity contribution in [1.82, 2.24) is 10.2 Å².